The molecule has 0 saturated heterocycles. The fraction of sp³-hybridized carbons (Fsp3) is 0.333. The van der Waals surface area contributed by atoms with Gasteiger partial charge in [0.2, 0.25) is 0 Å². The summed E-state index contributed by atoms with van der Waals surface area (Å²) in [6, 6.07) is 0. The van der Waals surface area contributed by atoms with Crippen molar-refractivity contribution in [1.29, 1.82) is 0 Å². The molecule has 0 nitrogen and oxygen atoms in total. The molecule has 0 N–H and O–H groups in total. The van der Waals surface area contributed by atoms with Crippen LogP contribution in [0.25, 0.3) is 0 Å². The predicted octanol–water partition coefficient (Wildman–Crippen LogP) is 0.656. The Labute approximate surface area is 47.3 Å². The second kappa shape index (κ2) is 1.66. The Kier molecular flexibility index (Phi) is 1.15. The standard InChI is InChI=1S/C6H10Si/c1-5-2-3-6(7)4-5/h2-4,6H,1,7H3. The van der Waals surface area contributed by atoms with Crippen molar-refractivity contribution in [2.75, 3.05) is 0 Å². The van der Waals surface area contributed by atoms with Crippen LogP contribution >= 0.6 is 0 Å². The van der Waals surface area contributed by atoms with Crippen molar-refractivity contribution in [2.45, 2.75) is 12.5 Å². The zero-order valence-corrected chi connectivity index (χ0v) is 6.81. The summed E-state index contributed by atoms with van der Waals surface area (Å²) in [7, 11) is 1.28. The fourth-order valence-corrected chi connectivity index (χ4v) is 1.55. The van der Waals surface area contributed by atoms with Crippen molar-refractivity contribution in [3.63, 3.8) is 0 Å². The molecule has 1 unspecified atom stereocenters. The molecule has 0 aromatic heterocycles. The summed E-state index contributed by atoms with van der Waals surface area (Å²) in [4.78, 5) is 0. The lowest BCUT2D eigenvalue weighted by Crippen LogP contribution is -1.72. The van der Waals surface area contributed by atoms with E-state index in [1.54, 1.807) is 0 Å². The zero-order valence-electron chi connectivity index (χ0n) is 4.81. The third-order valence-corrected chi connectivity index (χ3v) is 1.91. The molecule has 1 atom stereocenters. The van der Waals surface area contributed by atoms with Crippen LogP contribution < -0.4 is 0 Å². The Morgan fingerprint density at radius 1 is 1.71 bits per heavy atom. The van der Waals surface area contributed by atoms with Crippen molar-refractivity contribution in [2.24, 2.45) is 0 Å². The summed E-state index contributed by atoms with van der Waals surface area (Å²) < 4.78 is 0. The van der Waals surface area contributed by atoms with E-state index in [9.17, 15) is 0 Å². The second-order valence-electron chi connectivity index (χ2n) is 2.13. The molecule has 1 aliphatic carbocycles. The minimum atomic E-state index is 0.819. The van der Waals surface area contributed by atoms with Crippen LogP contribution in [0.5, 0.6) is 0 Å². The molecule has 0 bridgehead atoms. The first-order valence-electron chi connectivity index (χ1n) is 2.65. The van der Waals surface area contributed by atoms with E-state index in [4.69, 9.17) is 0 Å². The van der Waals surface area contributed by atoms with Gasteiger partial charge in [-0.1, -0.05) is 23.8 Å². The van der Waals surface area contributed by atoms with E-state index in [1.165, 1.54) is 15.8 Å². The average molecular weight is 110 g/mol. The molecule has 1 aliphatic rings. The van der Waals surface area contributed by atoms with Crippen LogP contribution in [0, 0.1) is 0 Å². The molecule has 0 heterocycles. The molecule has 0 spiro atoms. The smallest absolute Gasteiger partial charge is 0.0163 e. The summed E-state index contributed by atoms with van der Waals surface area (Å²) in [5, 5.41) is 0. The fourth-order valence-electron chi connectivity index (χ4n) is 0.829. The highest BCUT2D eigenvalue weighted by Gasteiger charge is 1.96. The van der Waals surface area contributed by atoms with Crippen LogP contribution in [0.15, 0.2) is 23.8 Å². The molecule has 38 valence electrons. The van der Waals surface area contributed by atoms with Crippen molar-refractivity contribution in [3.8, 4) is 0 Å². The van der Waals surface area contributed by atoms with E-state index < -0.39 is 0 Å². The Balaban J connectivity index is 2.69. The van der Waals surface area contributed by atoms with Gasteiger partial charge in [-0.2, -0.15) is 0 Å². The zero-order chi connectivity index (χ0) is 5.28. The summed E-state index contributed by atoms with van der Waals surface area (Å²) in [6.45, 7) is 2.15. The largest absolute Gasteiger partial charge is 0.0811 e. The van der Waals surface area contributed by atoms with Gasteiger partial charge in [-0.15, -0.1) is 0 Å². The van der Waals surface area contributed by atoms with Crippen LogP contribution in [0.2, 0.25) is 5.54 Å². The number of hydrogen-bond donors (Lipinski definition) is 0. The quantitative estimate of drug-likeness (QED) is 0.402. The van der Waals surface area contributed by atoms with Gasteiger partial charge < -0.3 is 0 Å². The maximum atomic E-state index is 2.31. The van der Waals surface area contributed by atoms with Crippen LogP contribution in [0.3, 0.4) is 0 Å². The van der Waals surface area contributed by atoms with Crippen LogP contribution in [-0.2, 0) is 0 Å². The lowest BCUT2D eigenvalue weighted by atomic mass is 10.3. The Morgan fingerprint density at radius 3 is 2.57 bits per heavy atom. The molecule has 0 amide bonds. The first-order valence-corrected chi connectivity index (χ1v) is 3.81. The summed E-state index contributed by atoms with van der Waals surface area (Å²) in [5.41, 5.74) is 2.25. The van der Waals surface area contributed by atoms with Gasteiger partial charge in [0.25, 0.3) is 0 Å². The van der Waals surface area contributed by atoms with Gasteiger partial charge in [0.15, 0.2) is 0 Å². The summed E-state index contributed by atoms with van der Waals surface area (Å²) >= 11 is 0. The maximum absolute atomic E-state index is 2.31. The molecule has 0 aromatic carbocycles. The van der Waals surface area contributed by atoms with E-state index in [1.807, 2.05) is 0 Å². The van der Waals surface area contributed by atoms with E-state index >= 15 is 0 Å². The van der Waals surface area contributed by atoms with E-state index in [0.717, 1.165) is 5.54 Å². The topological polar surface area (TPSA) is 0 Å². The highest BCUT2D eigenvalue weighted by atomic mass is 28.1. The van der Waals surface area contributed by atoms with Gasteiger partial charge in [-0.3, -0.25) is 0 Å². The Bertz CT molecular complexity index is 122. The van der Waals surface area contributed by atoms with E-state index in [2.05, 4.69) is 25.2 Å². The Morgan fingerprint density at radius 2 is 2.43 bits per heavy atom. The first-order chi connectivity index (χ1) is 3.29. The second-order valence-corrected chi connectivity index (χ2v) is 3.46. The SMILES string of the molecule is CC1=CC([SiH3])C=C1. The molecule has 1 heteroatoms. The van der Waals surface area contributed by atoms with Crippen LogP contribution in [0.1, 0.15) is 6.92 Å². The number of hydrogen-bond acceptors (Lipinski definition) is 0. The first kappa shape index (κ1) is 4.85. The predicted molar refractivity (Wildman–Crippen MR) is 36.6 cm³/mol. The molecular formula is C6H10Si. The molecule has 1 rings (SSSR count). The highest BCUT2D eigenvalue weighted by Crippen LogP contribution is 2.15. The van der Waals surface area contributed by atoms with E-state index in [0.29, 0.717) is 0 Å². The number of rotatable bonds is 0. The molecule has 7 heavy (non-hydrogen) atoms. The Hall–Kier alpha value is -0.303. The van der Waals surface area contributed by atoms with Crippen molar-refractivity contribution >= 4 is 10.2 Å². The normalized spacial score (nSPS) is 28.7. The minimum Gasteiger partial charge on any atom is -0.0811 e. The van der Waals surface area contributed by atoms with Gasteiger partial charge >= 0.3 is 0 Å². The monoisotopic (exact) mass is 110 g/mol. The van der Waals surface area contributed by atoms with Crippen molar-refractivity contribution < 1.29 is 0 Å². The van der Waals surface area contributed by atoms with Crippen molar-refractivity contribution in [1.82, 2.24) is 0 Å². The summed E-state index contributed by atoms with van der Waals surface area (Å²) in [5.74, 6) is 0. The molecule has 0 aromatic rings. The lowest BCUT2D eigenvalue weighted by molar-refractivity contribution is 1.40. The molecule has 0 radical (unpaired) electrons. The summed E-state index contributed by atoms with van der Waals surface area (Å²) in [6.07, 6.45) is 6.77. The maximum Gasteiger partial charge on any atom is 0.0163 e. The van der Waals surface area contributed by atoms with Crippen molar-refractivity contribution in [3.05, 3.63) is 23.8 Å². The third kappa shape index (κ3) is 1.03. The number of allylic oxidation sites excluding steroid dienone is 4. The molecular weight excluding hydrogens is 100 g/mol. The highest BCUT2D eigenvalue weighted by molar-refractivity contribution is 6.14. The average Bonchev–Trinajstić information content (AvgIpc) is 1.87. The van der Waals surface area contributed by atoms with Crippen LogP contribution in [-0.4, -0.2) is 10.2 Å². The van der Waals surface area contributed by atoms with Gasteiger partial charge in [0.05, 0.1) is 0 Å². The van der Waals surface area contributed by atoms with Crippen LogP contribution in [0.4, 0.5) is 0 Å². The third-order valence-electron chi connectivity index (χ3n) is 1.19. The minimum absolute atomic E-state index is 0.819. The lowest BCUT2D eigenvalue weighted by Gasteiger charge is -1.85. The van der Waals surface area contributed by atoms with Gasteiger partial charge in [0.1, 0.15) is 0 Å². The molecule has 0 aliphatic heterocycles. The van der Waals surface area contributed by atoms with E-state index in [-0.39, 0.29) is 0 Å². The van der Waals surface area contributed by atoms with Gasteiger partial charge in [-0.25, -0.2) is 0 Å². The molecule has 0 fully saturated rings. The molecule has 0 saturated carbocycles. The van der Waals surface area contributed by atoms with Gasteiger partial charge in [-0.05, 0) is 12.5 Å². The van der Waals surface area contributed by atoms with Gasteiger partial charge in [0, 0.05) is 10.2 Å².